The Morgan fingerprint density at radius 2 is 2.24 bits per heavy atom. The quantitative estimate of drug-likeness (QED) is 0.601. The maximum Gasteiger partial charge on any atom is 0.191 e. The van der Waals surface area contributed by atoms with Crippen molar-refractivity contribution >= 4 is 27.4 Å². The molecule has 1 aromatic heterocycles. The van der Waals surface area contributed by atoms with E-state index in [1.807, 2.05) is 12.1 Å². The fourth-order valence-corrected chi connectivity index (χ4v) is 3.45. The Morgan fingerprint density at radius 3 is 2.90 bits per heavy atom. The van der Waals surface area contributed by atoms with E-state index >= 15 is 0 Å². The first kappa shape index (κ1) is 14.4. The Bertz CT molecular complexity index is 600. The molecule has 0 spiro atoms. The van der Waals surface area contributed by atoms with Gasteiger partial charge in [-0.15, -0.1) is 11.3 Å². The number of nitrogens with zero attached hydrogens (tertiary/aromatic N) is 1. The van der Waals surface area contributed by atoms with E-state index in [1.165, 1.54) is 29.3 Å². The van der Waals surface area contributed by atoms with Crippen molar-refractivity contribution in [2.45, 2.75) is 31.4 Å². The van der Waals surface area contributed by atoms with Gasteiger partial charge in [-0.05, 0) is 36.8 Å². The third-order valence-electron chi connectivity index (χ3n) is 3.91. The van der Waals surface area contributed by atoms with E-state index in [4.69, 9.17) is 0 Å². The lowest BCUT2D eigenvalue weighted by Gasteiger charge is -2.28. The van der Waals surface area contributed by atoms with Gasteiger partial charge in [0.05, 0.1) is 0 Å². The van der Waals surface area contributed by atoms with Gasteiger partial charge in [0.15, 0.2) is 5.96 Å². The molecule has 1 atom stereocenters. The molecule has 0 aliphatic heterocycles. The van der Waals surface area contributed by atoms with Crippen molar-refractivity contribution in [3.8, 4) is 0 Å². The van der Waals surface area contributed by atoms with E-state index in [0.717, 1.165) is 10.8 Å². The maximum atomic E-state index is 10.3. The topological polar surface area (TPSA) is 56.7 Å². The number of benzene rings is 1. The molecule has 0 radical (unpaired) electrons. The first-order valence-corrected chi connectivity index (χ1v) is 8.21. The highest BCUT2D eigenvalue weighted by Crippen LogP contribution is 2.29. The summed E-state index contributed by atoms with van der Waals surface area (Å²) >= 11 is 1.64. The first-order chi connectivity index (χ1) is 10.3. The summed E-state index contributed by atoms with van der Waals surface area (Å²) in [5, 5.41) is 18.1. The lowest BCUT2D eigenvalue weighted by atomic mass is 9.93. The minimum atomic E-state index is -0.512. The number of nitrogens with one attached hydrogen (secondary N) is 2. The summed E-state index contributed by atoms with van der Waals surface area (Å²) in [6.07, 6.45) is 3.19. The molecule has 1 aliphatic carbocycles. The van der Waals surface area contributed by atoms with Crippen LogP contribution in [0.1, 0.15) is 30.2 Å². The van der Waals surface area contributed by atoms with Crippen LogP contribution < -0.4 is 10.6 Å². The zero-order chi connectivity index (χ0) is 14.7. The van der Waals surface area contributed by atoms with Gasteiger partial charge in [-0.1, -0.05) is 18.2 Å². The third-order valence-corrected chi connectivity index (χ3v) is 5.12. The van der Waals surface area contributed by atoms with Crippen molar-refractivity contribution in [3.05, 3.63) is 35.2 Å². The number of hydrogen-bond donors (Lipinski definition) is 3. The average Bonchev–Trinajstić information content (AvgIpc) is 2.89. The molecule has 4 nitrogen and oxygen atoms in total. The second kappa shape index (κ2) is 6.45. The number of aliphatic imine (C=N–C) groups is 1. The molecular weight excluding hydrogens is 282 g/mol. The number of aliphatic hydroxyl groups excluding tert-OH is 1. The summed E-state index contributed by atoms with van der Waals surface area (Å²) < 4.78 is 1.21. The van der Waals surface area contributed by atoms with Gasteiger partial charge >= 0.3 is 0 Å². The van der Waals surface area contributed by atoms with Crippen LogP contribution in [0.5, 0.6) is 0 Å². The zero-order valence-corrected chi connectivity index (χ0v) is 13.0. The minimum Gasteiger partial charge on any atom is -0.386 e. The van der Waals surface area contributed by atoms with E-state index in [-0.39, 0.29) is 0 Å². The fourth-order valence-electron chi connectivity index (χ4n) is 2.40. The van der Waals surface area contributed by atoms with Crippen LogP contribution in [0.2, 0.25) is 0 Å². The number of rotatable bonds is 4. The molecule has 1 aliphatic rings. The molecule has 1 aromatic carbocycles. The molecule has 2 aromatic rings. The smallest absolute Gasteiger partial charge is 0.191 e. The summed E-state index contributed by atoms with van der Waals surface area (Å²) in [6, 6.07) is 10.8. The predicted octanol–water partition coefficient (Wildman–Crippen LogP) is 2.65. The molecule has 112 valence electrons. The highest BCUT2D eigenvalue weighted by atomic mass is 32.1. The molecule has 1 heterocycles. The SMILES string of the molecule is CN=C(NCC(O)c1cc2ccccc2s1)NC1CCC1. The number of thiophene rings is 1. The Morgan fingerprint density at radius 1 is 1.43 bits per heavy atom. The van der Waals surface area contributed by atoms with Crippen LogP contribution in [0.25, 0.3) is 10.1 Å². The van der Waals surface area contributed by atoms with Crippen molar-refractivity contribution in [3.63, 3.8) is 0 Å². The maximum absolute atomic E-state index is 10.3. The van der Waals surface area contributed by atoms with Crippen molar-refractivity contribution in [1.29, 1.82) is 0 Å². The summed E-state index contributed by atoms with van der Waals surface area (Å²) in [5.41, 5.74) is 0. The van der Waals surface area contributed by atoms with Gasteiger partial charge in [-0.3, -0.25) is 4.99 Å². The summed E-state index contributed by atoms with van der Waals surface area (Å²) in [4.78, 5) is 5.19. The molecule has 0 amide bonds. The van der Waals surface area contributed by atoms with E-state index in [9.17, 15) is 5.11 Å². The van der Waals surface area contributed by atoms with Crippen LogP contribution >= 0.6 is 11.3 Å². The van der Waals surface area contributed by atoms with E-state index in [1.54, 1.807) is 18.4 Å². The van der Waals surface area contributed by atoms with Crippen LogP contribution in [0.3, 0.4) is 0 Å². The van der Waals surface area contributed by atoms with Crippen LogP contribution in [-0.2, 0) is 0 Å². The van der Waals surface area contributed by atoms with E-state index in [0.29, 0.717) is 12.6 Å². The number of aliphatic hydroxyl groups is 1. The highest BCUT2D eigenvalue weighted by molar-refractivity contribution is 7.19. The van der Waals surface area contributed by atoms with Gasteiger partial charge in [-0.2, -0.15) is 0 Å². The monoisotopic (exact) mass is 303 g/mol. The van der Waals surface area contributed by atoms with Crippen molar-refractivity contribution in [2.75, 3.05) is 13.6 Å². The lowest BCUT2D eigenvalue weighted by Crippen LogP contribution is -2.47. The van der Waals surface area contributed by atoms with Crippen LogP contribution in [0, 0.1) is 0 Å². The predicted molar refractivity (Wildman–Crippen MR) is 88.9 cm³/mol. The van der Waals surface area contributed by atoms with Crippen molar-refractivity contribution in [2.24, 2.45) is 4.99 Å². The molecular formula is C16H21N3OS. The number of fused-ring (bicyclic) bond motifs is 1. The Labute approximate surface area is 128 Å². The number of hydrogen-bond acceptors (Lipinski definition) is 3. The first-order valence-electron chi connectivity index (χ1n) is 7.40. The zero-order valence-electron chi connectivity index (χ0n) is 12.2. The Balaban J connectivity index is 1.58. The van der Waals surface area contributed by atoms with Crippen molar-refractivity contribution < 1.29 is 5.11 Å². The molecule has 3 N–H and O–H groups in total. The Hall–Kier alpha value is -1.59. The molecule has 5 heteroatoms. The largest absolute Gasteiger partial charge is 0.386 e. The van der Waals surface area contributed by atoms with Gasteiger partial charge in [0.1, 0.15) is 6.10 Å². The average molecular weight is 303 g/mol. The fraction of sp³-hybridized carbons (Fsp3) is 0.438. The molecule has 1 saturated carbocycles. The second-order valence-electron chi connectivity index (χ2n) is 5.43. The van der Waals surface area contributed by atoms with E-state index < -0.39 is 6.10 Å². The van der Waals surface area contributed by atoms with Crippen LogP contribution in [0.4, 0.5) is 0 Å². The van der Waals surface area contributed by atoms with Crippen molar-refractivity contribution in [1.82, 2.24) is 10.6 Å². The third kappa shape index (κ3) is 3.36. The van der Waals surface area contributed by atoms with Gasteiger partial charge < -0.3 is 15.7 Å². The lowest BCUT2D eigenvalue weighted by molar-refractivity contribution is 0.184. The summed E-state index contributed by atoms with van der Waals surface area (Å²) in [5.74, 6) is 0.778. The van der Waals surface area contributed by atoms with Gasteiger partial charge in [-0.25, -0.2) is 0 Å². The molecule has 0 bridgehead atoms. The molecule has 1 fully saturated rings. The summed E-state index contributed by atoms with van der Waals surface area (Å²) in [7, 11) is 1.76. The standard InChI is InChI=1S/C16H21N3OS/c1-17-16(19-12-6-4-7-12)18-10-13(20)15-9-11-5-2-3-8-14(11)21-15/h2-3,5,8-9,12-13,20H,4,6-7,10H2,1H3,(H2,17,18,19). The van der Waals surface area contributed by atoms with Crippen LogP contribution in [0.15, 0.2) is 35.3 Å². The normalized spacial score (nSPS) is 17.5. The summed E-state index contributed by atoms with van der Waals surface area (Å²) in [6.45, 7) is 0.471. The van der Waals surface area contributed by atoms with Crippen LogP contribution in [-0.4, -0.2) is 30.7 Å². The molecule has 1 unspecified atom stereocenters. The van der Waals surface area contributed by atoms with Gasteiger partial charge in [0, 0.05) is 29.2 Å². The van der Waals surface area contributed by atoms with E-state index in [2.05, 4.69) is 33.8 Å². The molecule has 21 heavy (non-hydrogen) atoms. The van der Waals surface area contributed by atoms with Gasteiger partial charge in [0.2, 0.25) is 0 Å². The second-order valence-corrected chi connectivity index (χ2v) is 6.54. The molecule has 0 saturated heterocycles. The molecule has 3 rings (SSSR count). The Kier molecular flexibility index (Phi) is 4.41. The highest BCUT2D eigenvalue weighted by Gasteiger charge is 2.19. The minimum absolute atomic E-state index is 0.471. The van der Waals surface area contributed by atoms with Gasteiger partial charge in [0.25, 0.3) is 0 Å². The number of guanidine groups is 1.